The first-order valence-corrected chi connectivity index (χ1v) is 9.09. The molecule has 0 fully saturated rings. The number of nitrogens with zero attached hydrogens (tertiary/aromatic N) is 5. The maximum Gasteiger partial charge on any atom is 0.425 e. The normalized spacial score (nSPS) is 11.7. The van der Waals surface area contributed by atoms with Crippen LogP contribution in [0.5, 0.6) is 0 Å². The first-order chi connectivity index (χ1) is 13.7. The molecule has 0 spiro atoms. The van der Waals surface area contributed by atoms with Crippen molar-refractivity contribution in [2.45, 2.75) is 52.7 Å². The zero-order valence-electron chi connectivity index (χ0n) is 18.1. The summed E-state index contributed by atoms with van der Waals surface area (Å²) >= 11 is 0. The van der Waals surface area contributed by atoms with Gasteiger partial charge in [0, 0.05) is 13.1 Å². The van der Waals surface area contributed by atoms with E-state index >= 15 is 0 Å². The molecule has 0 radical (unpaired) electrons. The molecule has 2 N–H and O–H groups in total. The molecule has 2 aromatic rings. The van der Waals surface area contributed by atoms with E-state index in [4.69, 9.17) is 15.2 Å². The van der Waals surface area contributed by atoms with Gasteiger partial charge in [-0.25, -0.2) is 24.5 Å². The Bertz CT molecular complexity index is 991. The largest absolute Gasteiger partial charge is 0.443 e. The van der Waals surface area contributed by atoms with Crippen LogP contribution in [-0.2, 0) is 16.5 Å². The molecule has 2 heterocycles. The number of amides is 2. The Morgan fingerprint density at radius 2 is 1.53 bits per heavy atom. The Labute approximate surface area is 173 Å². The molecule has 0 bridgehead atoms. The summed E-state index contributed by atoms with van der Waals surface area (Å²) in [4.78, 5) is 50.4. The number of ether oxygens (including phenoxy) is 2. The van der Waals surface area contributed by atoms with E-state index in [0.29, 0.717) is 4.90 Å². The molecule has 0 aliphatic heterocycles. The van der Waals surface area contributed by atoms with Crippen molar-refractivity contribution in [2.24, 2.45) is 7.05 Å². The second kappa shape index (κ2) is 8.09. The highest BCUT2D eigenvalue weighted by atomic mass is 16.6. The molecule has 11 nitrogen and oxygen atoms in total. The zero-order valence-corrected chi connectivity index (χ0v) is 18.1. The summed E-state index contributed by atoms with van der Waals surface area (Å²) in [5.74, 6) is -0.120. The van der Waals surface area contributed by atoms with Gasteiger partial charge in [-0.1, -0.05) is 0 Å². The van der Waals surface area contributed by atoms with Crippen LogP contribution in [-0.4, -0.2) is 42.9 Å². The fourth-order valence-electron chi connectivity index (χ4n) is 2.24. The molecule has 0 aliphatic rings. The Balaban J connectivity index is 2.55. The topological polar surface area (TPSA) is 143 Å². The molecule has 0 aliphatic carbocycles. The lowest BCUT2D eigenvalue weighted by molar-refractivity contribution is 0.0429. The predicted molar refractivity (Wildman–Crippen MR) is 110 cm³/mol. The van der Waals surface area contributed by atoms with Gasteiger partial charge in [-0.05, 0) is 41.5 Å². The van der Waals surface area contributed by atoms with Gasteiger partial charge in [0.15, 0.2) is 5.82 Å². The summed E-state index contributed by atoms with van der Waals surface area (Å²) in [6, 6.07) is 1.30. The number of carbonyl (C=O) groups is 2. The van der Waals surface area contributed by atoms with Crippen molar-refractivity contribution in [2.75, 3.05) is 10.6 Å². The Hall–Kier alpha value is -3.50. The Morgan fingerprint density at radius 3 is 2.03 bits per heavy atom. The number of hydrogen-bond acceptors (Lipinski definition) is 9. The van der Waals surface area contributed by atoms with Crippen LogP contribution in [0.1, 0.15) is 41.5 Å². The van der Waals surface area contributed by atoms with Crippen molar-refractivity contribution in [3.8, 4) is 11.4 Å². The van der Waals surface area contributed by atoms with Gasteiger partial charge < -0.3 is 19.8 Å². The van der Waals surface area contributed by atoms with Gasteiger partial charge in [-0.3, -0.25) is 4.79 Å². The number of aromatic nitrogens is 4. The lowest BCUT2D eigenvalue weighted by atomic mass is 10.2. The summed E-state index contributed by atoms with van der Waals surface area (Å²) in [6.45, 7) is 9.96. The van der Waals surface area contributed by atoms with E-state index in [1.165, 1.54) is 24.0 Å². The number of rotatable bonds is 2. The Kier molecular flexibility index (Phi) is 6.14. The number of aryl methyl sites for hydroxylation is 1. The van der Waals surface area contributed by atoms with Crippen LogP contribution in [0.25, 0.3) is 11.4 Å². The quantitative estimate of drug-likeness (QED) is 0.778. The molecule has 0 atom stereocenters. The van der Waals surface area contributed by atoms with Crippen LogP contribution in [0.4, 0.5) is 21.1 Å². The molecule has 0 saturated carbocycles. The molecule has 0 unspecified atom stereocenters. The molecule has 0 saturated heterocycles. The van der Waals surface area contributed by atoms with Crippen molar-refractivity contribution in [3.63, 3.8) is 0 Å². The molecular weight excluding hydrogens is 392 g/mol. The molecule has 30 heavy (non-hydrogen) atoms. The molecule has 2 rings (SSSR count). The standard InChI is InChI=1S/C19H26N6O5/c1-18(2,3)29-16(27)25(17(28)30-19(4,5)6)12-8-11(21-9-22-12)14-13(20)15(26)24(7)10-23-14/h8-10H,20H2,1-7H3. The summed E-state index contributed by atoms with van der Waals surface area (Å²) < 4.78 is 11.9. The minimum atomic E-state index is -0.980. The lowest BCUT2D eigenvalue weighted by Gasteiger charge is -2.28. The Morgan fingerprint density at radius 1 is 1.00 bits per heavy atom. The average molecular weight is 418 g/mol. The third-order valence-corrected chi connectivity index (χ3v) is 3.44. The van der Waals surface area contributed by atoms with Gasteiger partial charge in [-0.2, -0.15) is 4.90 Å². The van der Waals surface area contributed by atoms with Gasteiger partial charge >= 0.3 is 12.2 Å². The minimum absolute atomic E-state index is 0.0927. The van der Waals surface area contributed by atoms with E-state index < -0.39 is 28.9 Å². The van der Waals surface area contributed by atoms with E-state index in [0.717, 1.165) is 6.33 Å². The fraction of sp³-hybridized carbons (Fsp3) is 0.474. The zero-order chi connectivity index (χ0) is 22.9. The van der Waals surface area contributed by atoms with Gasteiger partial charge in [0.05, 0.1) is 12.0 Å². The summed E-state index contributed by atoms with van der Waals surface area (Å²) in [6.07, 6.45) is 0.443. The third-order valence-electron chi connectivity index (χ3n) is 3.44. The van der Waals surface area contributed by atoms with E-state index in [1.807, 2.05) is 0 Å². The molecule has 0 aromatic carbocycles. The molecule has 2 aromatic heterocycles. The number of hydrogen-bond donors (Lipinski definition) is 1. The summed E-state index contributed by atoms with van der Waals surface area (Å²) in [7, 11) is 1.51. The smallest absolute Gasteiger partial charge is 0.425 e. The molecule has 11 heteroatoms. The SMILES string of the molecule is Cn1cnc(-c2cc(N(C(=O)OC(C)(C)C)C(=O)OC(C)(C)C)ncn2)c(N)c1=O. The summed E-state index contributed by atoms with van der Waals surface area (Å²) in [5, 5.41) is 0. The summed E-state index contributed by atoms with van der Waals surface area (Å²) in [5.41, 5.74) is 3.78. The minimum Gasteiger partial charge on any atom is -0.443 e. The molecular formula is C19H26N6O5. The van der Waals surface area contributed by atoms with Crippen LogP contribution in [0.2, 0.25) is 0 Å². The van der Waals surface area contributed by atoms with Crippen molar-refractivity contribution >= 4 is 23.7 Å². The van der Waals surface area contributed by atoms with Crippen molar-refractivity contribution in [1.82, 2.24) is 19.5 Å². The van der Waals surface area contributed by atoms with Crippen molar-refractivity contribution < 1.29 is 19.1 Å². The highest BCUT2D eigenvalue weighted by Gasteiger charge is 2.34. The maximum absolute atomic E-state index is 12.7. The van der Waals surface area contributed by atoms with Gasteiger partial charge in [0.2, 0.25) is 0 Å². The van der Waals surface area contributed by atoms with E-state index in [2.05, 4.69) is 15.0 Å². The van der Waals surface area contributed by atoms with Gasteiger partial charge in [-0.15, -0.1) is 0 Å². The van der Waals surface area contributed by atoms with E-state index in [-0.39, 0.29) is 22.9 Å². The fourth-order valence-corrected chi connectivity index (χ4v) is 2.24. The number of nitrogens with two attached hydrogens (primary N) is 1. The number of carbonyl (C=O) groups excluding carboxylic acids is 2. The van der Waals surface area contributed by atoms with Crippen LogP contribution in [0.15, 0.2) is 23.5 Å². The first kappa shape index (κ1) is 22.8. The van der Waals surface area contributed by atoms with Crippen LogP contribution < -0.4 is 16.2 Å². The van der Waals surface area contributed by atoms with Gasteiger partial charge in [0.1, 0.15) is 28.9 Å². The van der Waals surface area contributed by atoms with E-state index in [1.54, 1.807) is 41.5 Å². The second-order valence-corrected chi connectivity index (χ2v) is 8.48. The van der Waals surface area contributed by atoms with Crippen LogP contribution in [0, 0.1) is 0 Å². The molecule has 162 valence electrons. The number of nitrogen functional groups attached to an aromatic ring is 1. The van der Waals surface area contributed by atoms with Crippen LogP contribution >= 0.6 is 0 Å². The predicted octanol–water partition coefficient (Wildman–Crippen LogP) is 2.50. The van der Waals surface area contributed by atoms with Crippen molar-refractivity contribution in [3.05, 3.63) is 29.1 Å². The average Bonchev–Trinajstić information content (AvgIpc) is 2.57. The third kappa shape index (κ3) is 5.52. The highest BCUT2D eigenvalue weighted by molar-refractivity contribution is 6.09. The maximum atomic E-state index is 12.7. The monoisotopic (exact) mass is 418 g/mol. The van der Waals surface area contributed by atoms with Gasteiger partial charge in [0.25, 0.3) is 5.56 Å². The van der Waals surface area contributed by atoms with Crippen molar-refractivity contribution in [1.29, 1.82) is 0 Å². The van der Waals surface area contributed by atoms with E-state index in [9.17, 15) is 14.4 Å². The lowest BCUT2D eigenvalue weighted by Crippen LogP contribution is -2.44. The first-order valence-electron chi connectivity index (χ1n) is 9.09. The molecule has 2 amide bonds. The highest BCUT2D eigenvalue weighted by Crippen LogP contribution is 2.24. The van der Waals surface area contributed by atoms with Crippen LogP contribution in [0.3, 0.4) is 0 Å². The second-order valence-electron chi connectivity index (χ2n) is 8.48. The number of imide groups is 1. The number of anilines is 2.